The number of ether oxygens (including phenoxy) is 1. The minimum absolute atomic E-state index is 0.209. The Labute approximate surface area is 126 Å². The van der Waals surface area contributed by atoms with Crippen molar-refractivity contribution in [1.29, 1.82) is 0 Å². The highest BCUT2D eigenvalue weighted by Gasteiger charge is 2.57. The van der Waals surface area contributed by atoms with E-state index in [9.17, 15) is 0 Å². The van der Waals surface area contributed by atoms with Crippen LogP contribution in [-0.4, -0.2) is 18.8 Å². The van der Waals surface area contributed by atoms with Crippen molar-refractivity contribution in [2.75, 3.05) is 6.61 Å². The molecule has 4 atom stereocenters. The van der Waals surface area contributed by atoms with Gasteiger partial charge in [0.2, 0.25) is 0 Å². The fourth-order valence-corrected chi connectivity index (χ4v) is 4.35. The first kappa shape index (κ1) is 14.4. The van der Waals surface area contributed by atoms with Crippen molar-refractivity contribution in [3.63, 3.8) is 0 Å². The number of fused-ring (bicyclic) bond motifs is 1. The van der Waals surface area contributed by atoms with Crippen LogP contribution in [0, 0.1) is 11.3 Å². The Bertz CT molecular complexity index is 488. The summed E-state index contributed by atoms with van der Waals surface area (Å²) < 4.78 is 5.97. The van der Waals surface area contributed by atoms with Gasteiger partial charge in [-0.1, -0.05) is 43.6 Å². The molecule has 2 fully saturated rings. The van der Waals surface area contributed by atoms with Crippen molar-refractivity contribution in [2.24, 2.45) is 11.3 Å². The molecule has 0 spiro atoms. The molecule has 1 N–H and O–H groups in total. The Balaban J connectivity index is 1.73. The second kappa shape index (κ2) is 5.32. The molecule has 1 saturated heterocycles. The first-order chi connectivity index (χ1) is 9.51. The van der Waals surface area contributed by atoms with Crippen LogP contribution in [0.15, 0.2) is 24.3 Å². The van der Waals surface area contributed by atoms with Crippen LogP contribution in [0.5, 0.6) is 0 Å². The van der Waals surface area contributed by atoms with Crippen molar-refractivity contribution in [2.45, 2.75) is 51.8 Å². The second-order valence-electron chi connectivity index (χ2n) is 6.81. The second-order valence-corrected chi connectivity index (χ2v) is 7.21. The third kappa shape index (κ3) is 2.28. The number of rotatable bonds is 3. The first-order valence-electron chi connectivity index (χ1n) is 7.64. The number of halogens is 1. The smallest absolute Gasteiger partial charge is 0.0684 e. The Morgan fingerprint density at radius 1 is 1.35 bits per heavy atom. The summed E-state index contributed by atoms with van der Waals surface area (Å²) in [5.41, 5.74) is 1.39. The molecule has 3 heteroatoms. The fraction of sp³-hybridized carbons (Fsp3) is 0.647. The highest BCUT2D eigenvalue weighted by Crippen LogP contribution is 2.52. The molecule has 1 aromatic carbocycles. The number of hydrogen-bond acceptors (Lipinski definition) is 2. The Kier molecular flexibility index (Phi) is 3.83. The molecule has 1 heterocycles. The summed E-state index contributed by atoms with van der Waals surface area (Å²) in [7, 11) is 0. The van der Waals surface area contributed by atoms with Crippen molar-refractivity contribution in [3.8, 4) is 0 Å². The quantitative estimate of drug-likeness (QED) is 0.902. The highest BCUT2D eigenvalue weighted by molar-refractivity contribution is 6.31. The van der Waals surface area contributed by atoms with Crippen LogP contribution in [0.25, 0.3) is 0 Å². The average Bonchev–Trinajstić information content (AvgIpc) is 2.45. The molecule has 0 amide bonds. The van der Waals surface area contributed by atoms with Gasteiger partial charge in [-0.25, -0.2) is 0 Å². The van der Waals surface area contributed by atoms with Gasteiger partial charge in [0, 0.05) is 35.0 Å². The molecular weight excluding hydrogens is 270 g/mol. The van der Waals surface area contributed by atoms with Crippen LogP contribution in [0.3, 0.4) is 0 Å². The Hall–Kier alpha value is -0.570. The summed E-state index contributed by atoms with van der Waals surface area (Å²) >= 11 is 6.31. The predicted molar refractivity (Wildman–Crippen MR) is 83.0 cm³/mol. The van der Waals surface area contributed by atoms with E-state index in [2.05, 4.69) is 38.2 Å². The van der Waals surface area contributed by atoms with Crippen molar-refractivity contribution in [1.82, 2.24) is 5.32 Å². The summed E-state index contributed by atoms with van der Waals surface area (Å²) in [6, 6.07) is 8.90. The highest BCUT2D eigenvalue weighted by atomic mass is 35.5. The monoisotopic (exact) mass is 293 g/mol. The topological polar surface area (TPSA) is 21.3 Å². The summed E-state index contributed by atoms with van der Waals surface area (Å²) in [5, 5.41) is 4.65. The van der Waals surface area contributed by atoms with Crippen molar-refractivity contribution >= 4 is 11.6 Å². The minimum Gasteiger partial charge on any atom is -0.377 e. The molecule has 2 nitrogen and oxygen atoms in total. The lowest BCUT2D eigenvalue weighted by molar-refractivity contribution is -0.194. The summed E-state index contributed by atoms with van der Waals surface area (Å²) in [6.07, 6.45) is 2.89. The molecule has 0 bridgehead atoms. The van der Waals surface area contributed by atoms with Crippen LogP contribution in [0.4, 0.5) is 0 Å². The van der Waals surface area contributed by atoms with E-state index in [4.69, 9.17) is 16.3 Å². The van der Waals surface area contributed by atoms with E-state index in [-0.39, 0.29) is 11.5 Å². The van der Waals surface area contributed by atoms with E-state index in [1.165, 1.54) is 18.4 Å². The molecule has 1 aromatic rings. The van der Waals surface area contributed by atoms with Gasteiger partial charge in [-0.3, -0.25) is 0 Å². The number of hydrogen-bond donors (Lipinski definition) is 1. The van der Waals surface area contributed by atoms with Crippen molar-refractivity contribution < 1.29 is 4.74 Å². The van der Waals surface area contributed by atoms with Gasteiger partial charge in [-0.2, -0.15) is 0 Å². The third-order valence-corrected chi connectivity index (χ3v) is 5.48. The average molecular weight is 294 g/mol. The van der Waals surface area contributed by atoms with Crippen LogP contribution >= 0.6 is 11.6 Å². The van der Waals surface area contributed by atoms with E-state index in [1.54, 1.807) is 0 Å². The standard InChI is InChI=1S/C17H24ClNO/c1-11(12-7-4-5-9-14(12)18)19-15-13-8-6-10-20-16(13)17(15,2)3/h4-5,7,9,11,13,15-16,19H,6,8,10H2,1-3H3/t11-,13?,15?,16?/m1/s1. The lowest BCUT2D eigenvalue weighted by Crippen LogP contribution is -2.69. The van der Waals surface area contributed by atoms with Crippen LogP contribution in [0.1, 0.15) is 45.2 Å². The molecule has 3 unspecified atom stereocenters. The molecule has 2 aliphatic rings. The zero-order valence-electron chi connectivity index (χ0n) is 12.5. The van der Waals surface area contributed by atoms with Crippen LogP contribution in [-0.2, 0) is 4.74 Å². The fourth-order valence-electron chi connectivity index (χ4n) is 4.05. The van der Waals surface area contributed by atoms with E-state index < -0.39 is 0 Å². The van der Waals surface area contributed by atoms with E-state index in [1.807, 2.05) is 12.1 Å². The lowest BCUT2D eigenvalue weighted by Gasteiger charge is -2.60. The maximum atomic E-state index is 6.31. The Morgan fingerprint density at radius 2 is 2.10 bits per heavy atom. The summed E-state index contributed by atoms with van der Waals surface area (Å²) in [5.74, 6) is 0.656. The van der Waals surface area contributed by atoms with Gasteiger partial charge in [0.05, 0.1) is 6.10 Å². The third-order valence-electron chi connectivity index (χ3n) is 5.13. The molecule has 0 aromatic heterocycles. The summed E-state index contributed by atoms with van der Waals surface area (Å²) in [6.45, 7) is 7.76. The van der Waals surface area contributed by atoms with Gasteiger partial charge in [0.15, 0.2) is 0 Å². The zero-order valence-corrected chi connectivity index (χ0v) is 13.3. The van der Waals surface area contributed by atoms with E-state index in [0.717, 1.165) is 11.6 Å². The normalized spacial score (nSPS) is 33.1. The maximum Gasteiger partial charge on any atom is 0.0684 e. The molecule has 110 valence electrons. The van der Waals surface area contributed by atoms with Gasteiger partial charge in [-0.05, 0) is 31.4 Å². The van der Waals surface area contributed by atoms with Gasteiger partial charge >= 0.3 is 0 Å². The van der Waals surface area contributed by atoms with Gasteiger partial charge in [-0.15, -0.1) is 0 Å². The Morgan fingerprint density at radius 3 is 2.85 bits per heavy atom. The van der Waals surface area contributed by atoms with E-state index in [0.29, 0.717) is 18.1 Å². The molecule has 1 saturated carbocycles. The zero-order chi connectivity index (χ0) is 14.3. The summed E-state index contributed by atoms with van der Waals surface area (Å²) in [4.78, 5) is 0. The molecule has 1 aliphatic carbocycles. The predicted octanol–water partition coefficient (Wildman–Crippen LogP) is 4.19. The number of nitrogens with one attached hydrogen (secondary N) is 1. The molecule has 1 aliphatic heterocycles. The number of benzene rings is 1. The first-order valence-corrected chi connectivity index (χ1v) is 8.01. The minimum atomic E-state index is 0.209. The lowest BCUT2D eigenvalue weighted by atomic mass is 9.55. The molecule has 3 rings (SSSR count). The largest absolute Gasteiger partial charge is 0.377 e. The van der Waals surface area contributed by atoms with Crippen LogP contribution < -0.4 is 5.32 Å². The maximum absolute atomic E-state index is 6.31. The van der Waals surface area contributed by atoms with Gasteiger partial charge < -0.3 is 10.1 Å². The molecular formula is C17H24ClNO. The van der Waals surface area contributed by atoms with Crippen molar-refractivity contribution in [3.05, 3.63) is 34.9 Å². The van der Waals surface area contributed by atoms with E-state index >= 15 is 0 Å². The van der Waals surface area contributed by atoms with Gasteiger partial charge in [0.1, 0.15) is 0 Å². The van der Waals surface area contributed by atoms with Crippen LogP contribution in [0.2, 0.25) is 5.02 Å². The van der Waals surface area contributed by atoms with Gasteiger partial charge in [0.25, 0.3) is 0 Å². The molecule has 0 radical (unpaired) electrons. The molecule has 20 heavy (non-hydrogen) atoms. The SMILES string of the molecule is C[C@@H](NC1C2CCCOC2C1(C)C)c1ccccc1Cl.